The first-order valence-corrected chi connectivity index (χ1v) is 7.96. The van der Waals surface area contributed by atoms with Gasteiger partial charge in [0.25, 0.3) is 10.0 Å². The van der Waals surface area contributed by atoms with Crippen LogP contribution in [0.5, 0.6) is 0 Å². The monoisotopic (exact) mass is 309 g/mol. The molecule has 0 unspecified atom stereocenters. The molecular weight excluding hydrogens is 294 g/mol. The quantitative estimate of drug-likeness (QED) is 0.865. The van der Waals surface area contributed by atoms with E-state index in [1.807, 2.05) is 6.92 Å². The molecule has 0 saturated heterocycles. The molecule has 0 aliphatic heterocycles. The summed E-state index contributed by atoms with van der Waals surface area (Å²) in [6.45, 7) is 3.72. The average Bonchev–Trinajstić information content (AvgIpc) is 2.41. The van der Waals surface area contributed by atoms with Gasteiger partial charge in [-0.1, -0.05) is 35.4 Å². The lowest BCUT2D eigenvalue weighted by Crippen LogP contribution is -2.27. The van der Waals surface area contributed by atoms with Crippen molar-refractivity contribution in [2.45, 2.75) is 18.7 Å². The Labute approximate surface area is 124 Å². The van der Waals surface area contributed by atoms with E-state index >= 15 is 0 Å². The highest BCUT2D eigenvalue weighted by Crippen LogP contribution is 2.29. The van der Waals surface area contributed by atoms with Crippen LogP contribution >= 0.6 is 11.6 Å². The lowest BCUT2D eigenvalue weighted by atomic mass is 10.2. The van der Waals surface area contributed by atoms with E-state index in [-0.39, 0.29) is 4.90 Å². The molecule has 0 heterocycles. The minimum Gasteiger partial charge on any atom is -0.269 e. The Hall–Kier alpha value is -1.52. The van der Waals surface area contributed by atoms with Gasteiger partial charge in [0.15, 0.2) is 0 Å². The van der Waals surface area contributed by atoms with Crippen LogP contribution in [0.3, 0.4) is 0 Å². The van der Waals surface area contributed by atoms with Crippen molar-refractivity contribution in [1.29, 1.82) is 0 Å². The molecular formula is C15H16ClNO2S. The topological polar surface area (TPSA) is 37.4 Å². The molecule has 0 amide bonds. The van der Waals surface area contributed by atoms with Crippen LogP contribution in [0.4, 0.5) is 5.69 Å². The third kappa shape index (κ3) is 2.67. The Morgan fingerprint density at radius 2 is 1.60 bits per heavy atom. The van der Waals surface area contributed by atoms with E-state index < -0.39 is 10.0 Å². The van der Waals surface area contributed by atoms with E-state index in [1.165, 1.54) is 11.4 Å². The van der Waals surface area contributed by atoms with Gasteiger partial charge in [0.1, 0.15) is 0 Å². The lowest BCUT2D eigenvalue weighted by molar-refractivity contribution is 0.594. The molecule has 5 heteroatoms. The number of benzene rings is 2. The molecule has 0 radical (unpaired) electrons. The number of halogens is 1. The van der Waals surface area contributed by atoms with E-state index in [4.69, 9.17) is 11.6 Å². The van der Waals surface area contributed by atoms with Gasteiger partial charge in [-0.3, -0.25) is 4.31 Å². The second kappa shape index (κ2) is 5.46. The highest BCUT2D eigenvalue weighted by molar-refractivity contribution is 7.92. The van der Waals surface area contributed by atoms with Gasteiger partial charge >= 0.3 is 0 Å². The van der Waals surface area contributed by atoms with E-state index in [2.05, 4.69) is 0 Å². The molecule has 2 aromatic carbocycles. The van der Waals surface area contributed by atoms with Crippen LogP contribution in [0.2, 0.25) is 5.02 Å². The Balaban J connectivity index is 2.49. The molecule has 0 aliphatic carbocycles. The third-order valence-corrected chi connectivity index (χ3v) is 5.45. The predicted molar refractivity (Wildman–Crippen MR) is 83.0 cm³/mol. The number of nitrogens with zero attached hydrogens (tertiary/aromatic N) is 1. The van der Waals surface area contributed by atoms with Crippen molar-refractivity contribution in [1.82, 2.24) is 0 Å². The number of hydrogen-bond acceptors (Lipinski definition) is 2. The Morgan fingerprint density at radius 1 is 1.00 bits per heavy atom. The summed E-state index contributed by atoms with van der Waals surface area (Å²) in [5.41, 5.74) is 2.34. The second-order valence-electron chi connectivity index (χ2n) is 4.67. The zero-order valence-electron chi connectivity index (χ0n) is 11.6. The maximum Gasteiger partial charge on any atom is 0.264 e. The lowest BCUT2D eigenvalue weighted by Gasteiger charge is -2.22. The molecule has 2 aromatic rings. The number of anilines is 1. The first kappa shape index (κ1) is 14.9. The molecule has 0 bridgehead atoms. The van der Waals surface area contributed by atoms with Gasteiger partial charge in [-0.25, -0.2) is 8.42 Å². The zero-order chi connectivity index (χ0) is 14.9. The summed E-state index contributed by atoms with van der Waals surface area (Å²) in [7, 11) is -2.04. The van der Waals surface area contributed by atoms with E-state index in [0.29, 0.717) is 10.7 Å². The largest absolute Gasteiger partial charge is 0.269 e. The molecule has 106 valence electrons. The van der Waals surface area contributed by atoms with Crippen molar-refractivity contribution in [3.63, 3.8) is 0 Å². The fraction of sp³-hybridized carbons (Fsp3) is 0.200. The molecule has 0 aromatic heterocycles. The molecule has 2 rings (SSSR count). The Bertz CT molecular complexity index is 724. The van der Waals surface area contributed by atoms with Crippen LogP contribution in [-0.4, -0.2) is 15.5 Å². The predicted octanol–water partition coefficient (Wildman–Crippen LogP) is 3.78. The smallest absolute Gasteiger partial charge is 0.264 e. The zero-order valence-corrected chi connectivity index (χ0v) is 13.2. The van der Waals surface area contributed by atoms with Gasteiger partial charge < -0.3 is 0 Å². The molecule has 0 spiro atoms. The molecule has 0 N–H and O–H groups in total. The minimum absolute atomic E-state index is 0.268. The number of sulfonamides is 1. The van der Waals surface area contributed by atoms with E-state index in [0.717, 1.165) is 11.1 Å². The third-order valence-electron chi connectivity index (χ3n) is 3.26. The van der Waals surface area contributed by atoms with Crippen molar-refractivity contribution in [3.8, 4) is 0 Å². The van der Waals surface area contributed by atoms with Crippen LogP contribution in [-0.2, 0) is 10.0 Å². The van der Waals surface area contributed by atoms with Crippen LogP contribution in [0.1, 0.15) is 11.1 Å². The number of aryl methyl sites for hydroxylation is 1. The van der Waals surface area contributed by atoms with Crippen molar-refractivity contribution < 1.29 is 8.42 Å². The Kier molecular flexibility index (Phi) is 4.06. The number of hydrogen-bond donors (Lipinski definition) is 0. The van der Waals surface area contributed by atoms with Crippen molar-refractivity contribution in [2.75, 3.05) is 11.4 Å². The summed E-state index contributed by atoms with van der Waals surface area (Å²) in [5.74, 6) is 0. The summed E-state index contributed by atoms with van der Waals surface area (Å²) in [6.07, 6.45) is 0. The molecule has 0 atom stereocenters. The van der Waals surface area contributed by atoms with Gasteiger partial charge in [-0.2, -0.15) is 0 Å². The second-order valence-corrected chi connectivity index (χ2v) is 7.05. The van der Waals surface area contributed by atoms with Gasteiger partial charge in [0, 0.05) is 12.1 Å². The van der Waals surface area contributed by atoms with Crippen molar-refractivity contribution >= 4 is 27.3 Å². The first-order chi connectivity index (χ1) is 9.34. The van der Waals surface area contributed by atoms with E-state index in [1.54, 1.807) is 49.4 Å². The fourth-order valence-electron chi connectivity index (χ4n) is 1.94. The van der Waals surface area contributed by atoms with Crippen molar-refractivity contribution in [2.24, 2.45) is 0 Å². The maximum atomic E-state index is 12.6. The average molecular weight is 310 g/mol. The highest BCUT2D eigenvalue weighted by Gasteiger charge is 2.22. The van der Waals surface area contributed by atoms with Gasteiger partial charge in [-0.05, 0) is 43.7 Å². The van der Waals surface area contributed by atoms with Crippen LogP contribution in [0.15, 0.2) is 47.4 Å². The van der Waals surface area contributed by atoms with E-state index in [9.17, 15) is 8.42 Å². The first-order valence-electron chi connectivity index (χ1n) is 6.15. The standard InChI is InChI=1S/C15H16ClNO2S/c1-11-7-9-13(10-8-11)20(18,19)17(3)15-6-4-5-14(16)12(15)2/h4-10H,1-3H3. The molecule has 20 heavy (non-hydrogen) atoms. The minimum atomic E-state index is -3.57. The molecule has 0 aliphatic rings. The van der Waals surface area contributed by atoms with Crippen molar-refractivity contribution in [3.05, 3.63) is 58.6 Å². The normalized spacial score (nSPS) is 11.4. The Morgan fingerprint density at radius 3 is 2.20 bits per heavy atom. The van der Waals surface area contributed by atoms with Gasteiger partial charge in [0.05, 0.1) is 10.6 Å². The van der Waals surface area contributed by atoms with Crippen LogP contribution < -0.4 is 4.31 Å². The maximum absolute atomic E-state index is 12.6. The summed E-state index contributed by atoms with van der Waals surface area (Å²) in [6, 6.07) is 12.0. The summed E-state index contributed by atoms with van der Waals surface area (Å²) in [4.78, 5) is 0.268. The summed E-state index contributed by atoms with van der Waals surface area (Å²) < 4.78 is 26.4. The summed E-state index contributed by atoms with van der Waals surface area (Å²) in [5, 5.41) is 0.549. The van der Waals surface area contributed by atoms with Crippen LogP contribution in [0.25, 0.3) is 0 Å². The van der Waals surface area contributed by atoms with Gasteiger partial charge in [0.2, 0.25) is 0 Å². The fourth-order valence-corrected chi connectivity index (χ4v) is 3.36. The number of rotatable bonds is 3. The van der Waals surface area contributed by atoms with Gasteiger partial charge in [-0.15, -0.1) is 0 Å². The molecule has 0 fully saturated rings. The highest BCUT2D eigenvalue weighted by atomic mass is 35.5. The van der Waals surface area contributed by atoms with Crippen LogP contribution in [0, 0.1) is 13.8 Å². The molecule has 0 saturated carbocycles. The summed E-state index contributed by atoms with van der Waals surface area (Å²) >= 11 is 6.05. The molecule has 3 nitrogen and oxygen atoms in total. The SMILES string of the molecule is Cc1ccc(S(=O)(=O)N(C)c2cccc(Cl)c2C)cc1.